The number of fused-ring (bicyclic) bond motifs is 4. The Morgan fingerprint density at radius 1 is 1.09 bits per heavy atom. The summed E-state index contributed by atoms with van der Waals surface area (Å²) in [4.78, 5) is 17.1. The van der Waals surface area contributed by atoms with E-state index in [9.17, 15) is 0 Å². The molecule has 1 spiro atoms. The van der Waals surface area contributed by atoms with Gasteiger partial charge < -0.3 is 15.2 Å². The van der Waals surface area contributed by atoms with Crippen LogP contribution < -0.4 is 10.5 Å². The van der Waals surface area contributed by atoms with Gasteiger partial charge in [-0.3, -0.25) is 0 Å². The Hall–Kier alpha value is -3.99. The quantitative estimate of drug-likeness (QED) is 0.592. The first kappa shape index (κ1) is 19.9. The van der Waals surface area contributed by atoms with Gasteiger partial charge in [-0.05, 0) is 32.9 Å². The highest BCUT2D eigenvalue weighted by Crippen LogP contribution is 2.51. The third-order valence-electron chi connectivity index (χ3n) is 5.20. The minimum atomic E-state index is -1.03. The van der Waals surface area contributed by atoms with E-state index in [2.05, 4.69) is 31.8 Å². The highest BCUT2D eigenvalue weighted by atomic mass is 19.1. The molecule has 5 rings (SSSR count). The van der Waals surface area contributed by atoms with Crippen LogP contribution in [-0.4, -0.2) is 27.6 Å². The molecule has 2 aliphatic rings. The highest BCUT2D eigenvalue weighted by Gasteiger charge is 2.48. The van der Waals surface area contributed by atoms with Crippen LogP contribution in [0.15, 0.2) is 48.1 Å². The van der Waals surface area contributed by atoms with Gasteiger partial charge in [-0.25, -0.2) is 24.3 Å². The molecule has 32 heavy (non-hydrogen) atoms. The Morgan fingerprint density at radius 2 is 1.88 bits per heavy atom. The van der Waals surface area contributed by atoms with Gasteiger partial charge in [0.2, 0.25) is 5.88 Å². The summed E-state index contributed by atoms with van der Waals surface area (Å²) in [5, 5.41) is 0. The molecule has 4 heterocycles. The number of ether oxygens (including phenoxy) is 2. The van der Waals surface area contributed by atoms with Gasteiger partial charge in [0, 0.05) is 52.3 Å². The number of amidine groups is 1. The highest BCUT2D eigenvalue weighted by molar-refractivity contribution is 5.77. The number of nitrogens with two attached hydrogens (primary N) is 1. The van der Waals surface area contributed by atoms with Crippen molar-refractivity contribution in [3.05, 3.63) is 65.6 Å². The van der Waals surface area contributed by atoms with E-state index in [0.717, 1.165) is 0 Å². The van der Waals surface area contributed by atoms with Crippen LogP contribution in [0.2, 0.25) is 0 Å². The third kappa shape index (κ3) is 3.32. The molecule has 0 fully saturated rings. The molecule has 160 valence electrons. The number of aromatic nitrogens is 3. The van der Waals surface area contributed by atoms with Gasteiger partial charge in [0.1, 0.15) is 24.5 Å². The lowest BCUT2D eigenvalue weighted by molar-refractivity contribution is 0.262. The molecule has 7 nitrogen and oxygen atoms in total. The molecule has 0 bridgehead atoms. The number of hydrogen-bond acceptors (Lipinski definition) is 7. The molecule has 0 amide bonds. The van der Waals surface area contributed by atoms with Crippen molar-refractivity contribution in [3.8, 4) is 34.6 Å². The molecule has 2 aliphatic heterocycles. The van der Waals surface area contributed by atoms with Gasteiger partial charge in [0.25, 0.3) is 6.02 Å². The molecular formula is C24H20FN5O2. The largest absolute Gasteiger partial charge is 0.462 e. The molecule has 1 unspecified atom stereocenters. The van der Waals surface area contributed by atoms with Crippen LogP contribution in [0.5, 0.6) is 11.6 Å². The number of benzene rings is 1. The Labute approximate surface area is 184 Å². The summed E-state index contributed by atoms with van der Waals surface area (Å²) in [5.41, 5.74) is 7.59. The van der Waals surface area contributed by atoms with Gasteiger partial charge in [-0.2, -0.15) is 0 Å². The fraction of sp³-hybridized carbons (Fsp3) is 0.250. The van der Waals surface area contributed by atoms with E-state index in [1.165, 1.54) is 12.4 Å². The van der Waals surface area contributed by atoms with E-state index >= 15 is 4.39 Å². The van der Waals surface area contributed by atoms with Crippen molar-refractivity contribution in [2.24, 2.45) is 16.1 Å². The van der Waals surface area contributed by atoms with E-state index in [1.54, 1.807) is 24.7 Å². The number of aliphatic imine (C=N–C) groups is 1. The fourth-order valence-corrected chi connectivity index (χ4v) is 3.74. The normalized spacial score (nSPS) is 18.6. The topological polar surface area (TPSA) is 95.5 Å². The predicted molar refractivity (Wildman–Crippen MR) is 116 cm³/mol. The second-order valence-electron chi connectivity index (χ2n) is 8.73. The molecule has 1 atom stereocenters. The monoisotopic (exact) mass is 429 g/mol. The second-order valence-corrected chi connectivity index (χ2v) is 8.73. The first-order chi connectivity index (χ1) is 15.2. The van der Waals surface area contributed by atoms with E-state index in [0.29, 0.717) is 39.4 Å². The first-order valence-corrected chi connectivity index (χ1v) is 10.0. The summed E-state index contributed by atoms with van der Waals surface area (Å²) in [5.74, 6) is 6.51. The Bertz CT molecular complexity index is 1320. The zero-order valence-corrected chi connectivity index (χ0v) is 17.8. The Kier molecular flexibility index (Phi) is 4.38. The van der Waals surface area contributed by atoms with Crippen molar-refractivity contribution in [2.45, 2.75) is 26.3 Å². The molecule has 0 radical (unpaired) electrons. The molecule has 2 aromatic heterocycles. The molecule has 0 saturated carbocycles. The van der Waals surface area contributed by atoms with Crippen molar-refractivity contribution in [1.82, 2.24) is 15.0 Å². The van der Waals surface area contributed by atoms with Crippen LogP contribution >= 0.6 is 0 Å². The molecule has 1 aromatic carbocycles. The molecule has 0 saturated heterocycles. The second kappa shape index (κ2) is 7.02. The number of hydrogen-bond donors (Lipinski definition) is 1. The lowest BCUT2D eigenvalue weighted by Gasteiger charge is -2.33. The summed E-state index contributed by atoms with van der Waals surface area (Å²) < 4.78 is 26.6. The van der Waals surface area contributed by atoms with E-state index in [-0.39, 0.29) is 18.0 Å². The average Bonchev–Trinajstić information content (AvgIpc) is 3.14. The summed E-state index contributed by atoms with van der Waals surface area (Å²) in [6.07, 6.45) is 6.12. The van der Waals surface area contributed by atoms with Crippen LogP contribution in [0.3, 0.4) is 0 Å². The van der Waals surface area contributed by atoms with Crippen LogP contribution in [0, 0.1) is 23.1 Å². The zero-order chi connectivity index (χ0) is 22.5. The van der Waals surface area contributed by atoms with Gasteiger partial charge in [0.05, 0.1) is 5.56 Å². The smallest absolute Gasteiger partial charge is 0.283 e. The number of pyridine rings is 1. The Morgan fingerprint density at radius 3 is 2.56 bits per heavy atom. The number of nitrogens with zero attached hydrogens (tertiary/aromatic N) is 4. The molecule has 2 N–H and O–H groups in total. The van der Waals surface area contributed by atoms with Gasteiger partial charge in [-0.15, -0.1) is 0 Å². The Balaban J connectivity index is 1.72. The first-order valence-electron chi connectivity index (χ1n) is 10.0. The number of rotatable bonds is 1. The van der Waals surface area contributed by atoms with Crippen LogP contribution in [0.1, 0.15) is 37.5 Å². The van der Waals surface area contributed by atoms with Crippen molar-refractivity contribution in [3.63, 3.8) is 0 Å². The average molecular weight is 429 g/mol. The molecular weight excluding hydrogens is 409 g/mol. The maximum atomic E-state index is 15.0. The summed E-state index contributed by atoms with van der Waals surface area (Å²) in [7, 11) is 0. The van der Waals surface area contributed by atoms with Crippen molar-refractivity contribution in [1.29, 1.82) is 0 Å². The van der Waals surface area contributed by atoms with Crippen LogP contribution in [0.25, 0.3) is 11.1 Å². The van der Waals surface area contributed by atoms with Crippen molar-refractivity contribution < 1.29 is 13.9 Å². The van der Waals surface area contributed by atoms with Gasteiger partial charge in [-0.1, -0.05) is 11.8 Å². The van der Waals surface area contributed by atoms with Crippen molar-refractivity contribution >= 4 is 6.02 Å². The lowest BCUT2D eigenvalue weighted by Crippen LogP contribution is -2.31. The zero-order valence-electron chi connectivity index (χ0n) is 17.8. The number of halogens is 1. The van der Waals surface area contributed by atoms with Crippen molar-refractivity contribution in [2.75, 3.05) is 6.61 Å². The van der Waals surface area contributed by atoms with Crippen LogP contribution in [0.4, 0.5) is 4.39 Å². The summed E-state index contributed by atoms with van der Waals surface area (Å²) in [6.45, 7) is 6.24. The minimum Gasteiger partial charge on any atom is -0.462 e. The SMILES string of the molecule is CC(C)(C)C#Cc1cnc2c(c1)C1(COC(N)=N1)c1cc(-c3cncnc3)c(F)cc1O2. The van der Waals surface area contributed by atoms with Gasteiger partial charge in [0.15, 0.2) is 5.54 Å². The molecule has 8 heteroatoms. The molecule has 0 aliphatic carbocycles. The van der Waals surface area contributed by atoms with E-state index < -0.39 is 11.4 Å². The van der Waals surface area contributed by atoms with Gasteiger partial charge >= 0.3 is 0 Å². The molecule has 3 aromatic rings. The maximum absolute atomic E-state index is 15.0. The fourth-order valence-electron chi connectivity index (χ4n) is 3.74. The predicted octanol–water partition coefficient (Wildman–Crippen LogP) is 3.77. The van der Waals surface area contributed by atoms with Crippen LogP contribution in [-0.2, 0) is 10.3 Å². The standard InChI is InChI=1S/C24H20FN5O2/c1-23(2,3)5-4-14-6-18-21(29-9-14)32-20-8-19(25)16(15-10-27-13-28-11-15)7-17(20)24(18)12-31-22(26)30-24/h6-11,13H,12H2,1-3H3,(H2,26,30). The third-order valence-corrected chi connectivity index (χ3v) is 5.20. The summed E-state index contributed by atoms with van der Waals surface area (Å²) >= 11 is 0. The van der Waals surface area contributed by atoms with E-state index in [4.69, 9.17) is 15.2 Å². The summed E-state index contributed by atoms with van der Waals surface area (Å²) in [6, 6.07) is 4.93. The maximum Gasteiger partial charge on any atom is 0.283 e. The van der Waals surface area contributed by atoms with E-state index in [1.807, 2.05) is 26.8 Å². The lowest BCUT2D eigenvalue weighted by atomic mass is 9.81. The minimum absolute atomic E-state index is 0.0453.